The van der Waals surface area contributed by atoms with E-state index in [-0.39, 0.29) is 0 Å². The van der Waals surface area contributed by atoms with Crippen molar-refractivity contribution in [1.29, 1.82) is 0 Å². The van der Waals surface area contributed by atoms with E-state index in [0.717, 1.165) is 48.6 Å². The number of methoxy groups -OCH3 is 1. The summed E-state index contributed by atoms with van der Waals surface area (Å²) in [5.41, 5.74) is 7.44. The summed E-state index contributed by atoms with van der Waals surface area (Å²) in [5.74, 6) is 0. The first-order valence-electron chi connectivity index (χ1n) is 11.4. The molecule has 2 heterocycles. The highest BCUT2D eigenvalue weighted by molar-refractivity contribution is 7.97. The SMILES string of the molecule is CNCc1ccccc1C.COCCn1c(C=O)cc(SN2CCc3ccccc3C2)c1C. The van der Waals surface area contributed by atoms with Gasteiger partial charge in [0.15, 0.2) is 6.29 Å². The fourth-order valence-corrected chi connectivity index (χ4v) is 5.08. The highest BCUT2D eigenvalue weighted by atomic mass is 32.2. The minimum absolute atomic E-state index is 0.609. The number of aromatic nitrogens is 1. The van der Waals surface area contributed by atoms with Gasteiger partial charge in [0.2, 0.25) is 0 Å². The third-order valence-corrected chi connectivity index (χ3v) is 7.12. The standard InChI is InChI=1S/C18H22N2O2S.C9H13N/c1-14-18(11-17(13-21)20(14)9-10-22-2)23-19-8-7-15-5-3-4-6-16(15)12-19;1-8-5-3-4-6-9(8)7-10-2/h3-6,11,13H,7-10,12H2,1-2H3;3-6,10H,7H2,1-2H3. The van der Waals surface area contributed by atoms with E-state index < -0.39 is 0 Å². The van der Waals surface area contributed by atoms with E-state index in [0.29, 0.717) is 13.2 Å². The second kappa shape index (κ2) is 12.8. The van der Waals surface area contributed by atoms with Crippen LogP contribution >= 0.6 is 11.9 Å². The maximum atomic E-state index is 11.3. The lowest BCUT2D eigenvalue weighted by molar-refractivity contribution is 0.111. The molecule has 0 unspecified atom stereocenters. The average Bonchev–Trinajstić information content (AvgIpc) is 3.14. The summed E-state index contributed by atoms with van der Waals surface area (Å²) in [7, 11) is 3.65. The number of aryl methyl sites for hydroxylation is 1. The van der Waals surface area contributed by atoms with Crippen molar-refractivity contribution < 1.29 is 9.53 Å². The van der Waals surface area contributed by atoms with Crippen LogP contribution in [0.2, 0.25) is 0 Å². The molecular formula is C27H35N3O2S. The van der Waals surface area contributed by atoms with Crippen LogP contribution < -0.4 is 5.32 Å². The number of hydrogen-bond acceptors (Lipinski definition) is 5. The molecule has 6 heteroatoms. The minimum Gasteiger partial charge on any atom is -0.383 e. The Morgan fingerprint density at radius 3 is 2.52 bits per heavy atom. The Balaban J connectivity index is 0.000000257. The molecule has 4 rings (SSSR count). The lowest BCUT2D eigenvalue weighted by atomic mass is 10.0. The van der Waals surface area contributed by atoms with E-state index in [2.05, 4.69) is 72.0 Å². The van der Waals surface area contributed by atoms with Crippen molar-refractivity contribution in [1.82, 2.24) is 14.2 Å². The van der Waals surface area contributed by atoms with Crippen LogP contribution in [0.5, 0.6) is 0 Å². The van der Waals surface area contributed by atoms with E-state index in [4.69, 9.17) is 4.74 Å². The summed E-state index contributed by atoms with van der Waals surface area (Å²) in [6, 6.07) is 19.0. The number of carbonyl (C=O) groups excluding carboxylic acids is 1. The third kappa shape index (κ3) is 6.81. The second-order valence-electron chi connectivity index (χ2n) is 8.21. The van der Waals surface area contributed by atoms with Crippen LogP contribution in [-0.2, 0) is 30.8 Å². The topological polar surface area (TPSA) is 46.5 Å². The highest BCUT2D eigenvalue weighted by Gasteiger charge is 2.19. The van der Waals surface area contributed by atoms with Crippen LogP contribution in [0.4, 0.5) is 0 Å². The number of fused-ring (bicyclic) bond motifs is 1. The molecule has 0 saturated carbocycles. The predicted molar refractivity (Wildman–Crippen MR) is 137 cm³/mol. The molecule has 0 fully saturated rings. The summed E-state index contributed by atoms with van der Waals surface area (Å²) in [4.78, 5) is 12.5. The smallest absolute Gasteiger partial charge is 0.166 e. The Bertz CT molecular complexity index is 1050. The van der Waals surface area contributed by atoms with E-state index >= 15 is 0 Å². The molecule has 1 N–H and O–H groups in total. The number of ether oxygens (including phenoxy) is 1. The molecule has 0 saturated heterocycles. The van der Waals surface area contributed by atoms with Gasteiger partial charge in [-0.15, -0.1) is 0 Å². The van der Waals surface area contributed by atoms with Crippen molar-refractivity contribution in [3.8, 4) is 0 Å². The number of rotatable bonds is 8. The van der Waals surface area contributed by atoms with Crippen molar-refractivity contribution in [2.75, 3.05) is 27.3 Å². The van der Waals surface area contributed by atoms with Crippen LogP contribution in [0.3, 0.4) is 0 Å². The van der Waals surface area contributed by atoms with Crippen LogP contribution in [-0.4, -0.2) is 42.5 Å². The van der Waals surface area contributed by atoms with Crippen LogP contribution in [0.15, 0.2) is 59.5 Å². The van der Waals surface area contributed by atoms with Crippen molar-refractivity contribution in [3.63, 3.8) is 0 Å². The van der Waals surface area contributed by atoms with Crippen molar-refractivity contribution in [2.45, 2.75) is 44.8 Å². The molecule has 1 aliphatic heterocycles. The monoisotopic (exact) mass is 465 g/mol. The van der Waals surface area contributed by atoms with Crippen LogP contribution in [0.25, 0.3) is 0 Å². The first-order chi connectivity index (χ1) is 16.1. The van der Waals surface area contributed by atoms with E-state index in [1.54, 1.807) is 19.1 Å². The van der Waals surface area contributed by atoms with Gasteiger partial charge in [0.1, 0.15) is 0 Å². The Morgan fingerprint density at radius 2 is 1.82 bits per heavy atom. The van der Waals surface area contributed by atoms with Gasteiger partial charge in [0, 0.05) is 43.9 Å². The Hall–Kier alpha value is -2.38. The number of benzene rings is 2. The third-order valence-electron chi connectivity index (χ3n) is 5.94. The van der Waals surface area contributed by atoms with Gasteiger partial charge < -0.3 is 14.6 Å². The zero-order valence-corrected chi connectivity index (χ0v) is 21.0. The van der Waals surface area contributed by atoms with Gasteiger partial charge >= 0.3 is 0 Å². The number of hydrogen-bond donors (Lipinski definition) is 1. The van der Waals surface area contributed by atoms with Gasteiger partial charge in [0.25, 0.3) is 0 Å². The van der Waals surface area contributed by atoms with Gasteiger partial charge in [0.05, 0.1) is 12.3 Å². The Kier molecular flexibility index (Phi) is 9.76. The molecule has 2 aromatic carbocycles. The fraction of sp³-hybridized carbons (Fsp3) is 0.370. The first kappa shape index (κ1) is 25.2. The molecule has 0 spiro atoms. The minimum atomic E-state index is 0.609. The molecular weight excluding hydrogens is 430 g/mol. The second-order valence-corrected chi connectivity index (χ2v) is 9.35. The fourth-order valence-electron chi connectivity index (χ4n) is 4.00. The largest absolute Gasteiger partial charge is 0.383 e. The van der Waals surface area contributed by atoms with Gasteiger partial charge in [-0.25, -0.2) is 4.31 Å². The molecule has 0 bridgehead atoms. The highest BCUT2D eigenvalue weighted by Crippen LogP contribution is 2.32. The van der Waals surface area contributed by atoms with Crippen LogP contribution in [0, 0.1) is 13.8 Å². The van der Waals surface area contributed by atoms with E-state index in [1.165, 1.54) is 22.3 Å². The maximum absolute atomic E-state index is 11.3. The van der Waals surface area contributed by atoms with Crippen molar-refractivity contribution in [3.05, 3.63) is 88.2 Å². The molecule has 176 valence electrons. The molecule has 1 aromatic heterocycles. The molecule has 0 amide bonds. The van der Waals surface area contributed by atoms with Gasteiger partial charge in [-0.2, -0.15) is 0 Å². The average molecular weight is 466 g/mol. The number of nitrogens with one attached hydrogen (secondary N) is 1. The number of carbonyl (C=O) groups is 1. The van der Waals surface area contributed by atoms with Crippen molar-refractivity contribution in [2.24, 2.45) is 0 Å². The molecule has 0 radical (unpaired) electrons. The summed E-state index contributed by atoms with van der Waals surface area (Å²) >= 11 is 1.75. The lowest BCUT2D eigenvalue weighted by Gasteiger charge is -2.27. The maximum Gasteiger partial charge on any atom is 0.166 e. The predicted octanol–water partition coefficient (Wildman–Crippen LogP) is 5.04. The molecule has 0 atom stereocenters. The summed E-state index contributed by atoms with van der Waals surface area (Å²) < 4.78 is 9.56. The quantitative estimate of drug-likeness (QED) is 0.373. The summed E-state index contributed by atoms with van der Waals surface area (Å²) in [6.45, 7) is 8.46. The number of nitrogens with zero attached hydrogens (tertiary/aromatic N) is 2. The van der Waals surface area contributed by atoms with E-state index in [1.807, 2.05) is 17.7 Å². The summed E-state index contributed by atoms with van der Waals surface area (Å²) in [6.07, 6.45) is 2.01. The Morgan fingerprint density at radius 1 is 1.09 bits per heavy atom. The van der Waals surface area contributed by atoms with E-state index in [9.17, 15) is 4.79 Å². The normalized spacial score (nSPS) is 13.2. The molecule has 1 aliphatic rings. The summed E-state index contributed by atoms with van der Waals surface area (Å²) in [5, 5.41) is 3.12. The van der Waals surface area contributed by atoms with Gasteiger partial charge in [-0.05, 0) is 67.6 Å². The van der Waals surface area contributed by atoms with Gasteiger partial charge in [-0.1, -0.05) is 48.5 Å². The molecule has 3 aromatic rings. The zero-order chi connectivity index (χ0) is 23.6. The molecule has 0 aliphatic carbocycles. The zero-order valence-electron chi connectivity index (χ0n) is 20.1. The lowest BCUT2D eigenvalue weighted by Crippen LogP contribution is -2.24. The number of aldehydes is 1. The Labute approximate surface area is 202 Å². The van der Waals surface area contributed by atoms with Gasteiger partial charge in [-0.3, -0.25) is 4.79 Å². The first-order valence-corrected chi connectivity index (χ1v) is 12.2. The van der Waals surface area contributed by atoms with Crippen molar-refractivity contribution >= 4 is 18.2 Å². The van der Waals surface area contributed by atoms with Crippen LogP contribution in [0.1, 0.15) is 38.4 Å². The molecule has 5 nitrogen and oxygen atoms in total. The molecule has 33 heavy (non-hydrogen) atoms.